The van der Waals surface area contributed by atoms with Gasteiger partial charge in [-0.05, 0) is 29.5 Å². The van der Waals surface area contributed by atoms with E-state index in [2.05, 4.69) is 59.9 Å². The zero-order chi connectivity index (χ0) is 13.4. The van der Waals surface area contributed by atoms with Gasteiger partial charge in [-0.3, -0.25) is 0 Å². The molecule has 1 heterocycles. The van der Waals surface area contributed by atoms with Crippen molar-refractivity contribution in [1.29, 1.82) is 0 Å². The van der Waals surface area contributed by atoms with E-state index in [0.717, 1.165) is 19.4 Å². The Labute approximate surface area is 119 Å². The summed E-state index contributed by atoms with van der Waals surface area (Å²) in [6.07, 6.45) is 2.38. The van der Waals surface area contributed by atoms with Crippen LogP contribution in [0.15, 0.2) is 54.6 Å². The minimum atomic E-state index is 0.248. The third-order valence-electron chi connectivity index (χ3n) is 4.42. The van der Waals surface area contributed by atoms with Crippen LogP contribution in [-0.2, 0) is 17.6 Å². The average Bonchev–Trinajstić information content (AvgIpc) is 2.86. The van der Waals surface area contributed by atoms with E-state index in [0.29, 0.717) is 12.1 Å². The smallest absolute Gasteiger partial charge is 0.0984 e. The van der Waals surface area contributed by atoms with Crippen LogP contribution in [-0.4, -0.2) is 18.7 Å². The molecule has 2 aromatic carbocycles. The quantitative estimate of drug-likeness (QED) is 0.901. The van der Waals surface area contributed by atoms with Crippen LogP contribution in [0.5, 0.6) is 0 Å². The first kappa shape index (κ1) is 12.1. The third kappa shape index (κ3) is 2.15. The molecule has 1 fully saturated rings. The second kappa shape index (κ2) is 5.04. The molecule has 4 rings (SSSR count). The molecule has 0 amide bonds. The SMILES string of the molecule is c1ccc(CC2COC3c4ccccc4CC3N2)cc1. The molecule has 1 N–H and O–H groups in total. The highest BCUT2D eigenvalue weighted by molar-refractivity contribution is 5.36. The summed E-state index contributed by atoms with van der Waals surface area (Å²) >= 11 is 0. The number of benzene rings is 2. The molecule has 2 nitrogen and oxygen atoms in total. The van der Waals surface area contributed by atoms with E-state index < -0.39 is 0 Å². The monoisotopic (exact) mass is 265 g/mol. The number of fused-ring (bicyclic) bond motifs is 3. The summed E-state index contributed by atoms with van der Waals surface area (Å²) in [6, 6.07) is 20.2. The van der Waals surface area contributed by atoms with Crippen molar-refractivity contribution in [3.8, 4) is 0 Å². The highest BCUT2D eigenvalue weighted by Gasteiger charge is 2.37. The van der Waals surface area contributed by atoms with Crippen molar-refractivity contribution in [1.82, 2.24) is 5.32 Å². The predicted octanol–water partition coefficient (Wildman–Crippen LogP) is 2.88. The lowest BCUT2D eigenvalue weighted by atomic mass is 10.0. The van der Waals surface area contributed by atoms with Gasteiger partial charge >= 0.3 is 0 Å². The lowest BCUT2D eigenvalue weighted by Gasteiger charge is -2.34. The second-order valence-electron chi connectivity index (χ2n) is 5.82. The predicted molar refractivity (Wildman–Crippen MR) is 79.7 cm³/mol. The summed E-state index contributed by atoms with van der Waals surface area (Å²) in [4.78, 5) is 0. The second-order valence-corrected chi connectivity index (χ2v) is 5.82. The lowest BCUT2D eigenvalue weighted by Crippen LogP contribution is -2.50. The van der Waals surface area contributed by atoms with Crippen LogP contribution in [0, 0.1) is 0 Å². The van der Waals surface area contributed by atoms with E-state index in [4.69, 9.17) is 4.74 Å². The fourth-order valence-corrected chi connectivity index (χ4v) is 3.50. The maximum atomic E-state index is 6.15. The van der Waals surface area contributed by atoms with Crippen LogP contribution in [0.25, 0.3) is 0 Å². The Hall–Kier alpha value is -1.64. The Balaban J connectivity index is 1.47. The Kier molecular flexibility index (Phi) is 3.06. The van der Waals surface area contributed by atoms with Gasteiger partial charge in [0, 0.05) is 12.1 Å². The zero-order valence-corrected chi connectivity index (χ0v) is 11.5. The van der Waals surface area contributed by atoms with Crippen molar-refractivity contribution < 1.29 is 4.74 Å². The number of rotatable bonds is 2. The Bertz CT molecular complexity index is 595. The van der Waals surface area contributed by atoms with Crippen LogP contribution in [0.3, 0.4) is 0 Å². The van der Waals surface area contributed by atoms with Gasteiger partial charge in [0.1, 0.15) is 0 Å². The number of hydrogen-bond acceptors (Lipinski definition) is 2. The molecule has 3 atom stereocenters. The van der Waals surface area contributed by atoms with Crippen LogP contribution in [0.4, 0.5) is 0 Å². The van der Waals surface area contributed by atoms with Crippen molar-refractivity contribution in [2.75, 3.05) is 6.61 Å². The van der Waals surface area contributed by atoms with Gasteiger partial charge in [-0.15, -0.1) is 0 Å². The van der Waals surface area contributed by atoms with Gasteiger partial charge in [-0.25, -0.2) is 0 Å². The number of morpholine rings is 1. The molecular weight excluding hydrogens is 246 g/mol. The molecule has 0 aromatic heterocycles. The summed E-state index contributed by atoms with van der Waals surface area (Å²) in [5.41, 5.74) is 4.20. The van der Waals surface area contributed by atoms with Gasteiger partial charge in [0.2, 0.25) is 0 Å². The van der Waals surface area contributed by atoms with Crippen molar-refractivity contribution in [2.45, 2.75) is 31.0 Å². The van der Waals surface area contributed by atoms with Crippen LogP contribution >= 0.6 is 0 Å². The molecule has 102 valence electrons. The minimum Gasteiger partial charge on any atom is -0.370 e. The highest BCUT2D eigenvalue weighted by atomic mass is 16.5. The van der Waals surface area contributed by atoms with Gasteiger partial charge in [-0.1, -0.05) is 54.6 Å². The van der Waals surface area contributed by atoms with Gasteiger partial charge < -0.3 is 10.1 Å². The molecule has 1 aliphatic heterocycles. The summed E-state index contributed by atoms with van der Waals surface area (Å²) < 4.78 is 6.15. The normalized spacial score (nSPS) is 27.9. The lowest BCUT2D eigenvalue weighted by molar-refractivity contribution is -0.0210. The van der Waals surface area contributed by atoms with Gasteiger partial charge in [0.25, 0.3) is 0 Å². The van der Waals surface area contributed by atoms with E-state index >= 15 is 0 Å². The summed E-state index contributed by atoms with van der Waals surface area (Å²) in [5.74, 6) is 0. The summed E-state index contributed by atoms with van der Waals surface area (Å²) in [6.45, 7) is 0.796. The molecule has 0 bridgehead atoms. The molecule has 1 aliphatic carbocycles. The van der Waals surface area contributed by atoms with Crippen LogP contribution in [0.2, 0.25) is 0 Å². The first-order chi connectivity index (χ1) is 9.90. The first-order valence-electron chi connectivity index (χ1n) is 7.39. The molecule has 1 saturated heterocycles. The minimum absolute atomic E-state index is 0.248. The van der Waals surface area contributed by atoms with Crippen LogP contribution < -0.4 is 5.32 Å². The first-order valence-corrected chi connectivity index (χ1v) is 7.39. The summed E-state index contributed by atoms with van der Waals surface area (Å²) in [7, 11) is 0. The standard InChI is InChI=1S/C18H19NO/c1-2-6-13(7-3-1)10-15-12-20-18-16-9-5-4-8-14(16)11-17(18)19-15/h1-9,15,17-19H,10-12H2. The van der Waals surface area contributed by atoms with Gasteiger partial charge in [-0.2, -0.15) is 0 Å². The van der Waals surface area contributed by atoms with Gasteiger partial charge in [0.05, 0.1) is 12.7 Å². The molecule has 3 unspecified atom stereocenters. The number of ether oxygens (including phenoxy) is 1. The highest BCUT2D eigenvalue weighted by Crippen LogP contribution is 2.36. The van der Waals surface area contributed by atoms with E-state index in [-0.39, 0.29) is 6.10 Å². The molecule has 20 heavy (non-hydrogen) atoms. The average molecular weight is 265 g/mol. The molecule has 0 radical (unpaired) electrons. The van der Waals surface area contributed by atoms with E-state index in [1.54, 1.807) is 0 Å². The molecular formula is C18H19NO. The van der Waals surface area contributed by atoms with Crippen molar-refractivity contribution >= 4 is 0 Å². The number of nitrogens with one attached hydrogen (secondary N) is 1. The molecule has 2 heteroatoms. The van der Waals surface area contributed by atoms with Crippen molar-refractivity contribution in [3.63, 3.8) is 0 Å². The summed E-state index contributed by atoms with van der Waals surface area (Å²) in [5, 5.41) is 3.79. The van der Waals surface area contributed by atoms with E-state index in [9.17, 15) is 0 Å². The fraction of sp³-hybridized carbons (Fsp3) is 0.333. The largest absolute Gasteiger partial charge is 0.370 e. The topological polar surface area (TPSA) is 21.3 Å². The van der Waals surface area contributed by atoms with Crippen LogP contribution in [0.1, 0.15) is 22.8 Å². The molecule has 2 aromatic rings. The van der Waals surface area contributed by atoms with Gasteiger partial charge in [0.15, 0.2) is 0 Å². The Morgan fingerprint density at radius 1 is 1.00 bits per heavy atom. The van der Waals surface area contributed by atoms with Crippen molar-refractivity contribution in [2.24, 2.45) is 0 Å². The zero-order valence-electron chi connectivity index (χ0n) is 11.5. The molecule has 2 aliphatic rings. The molecule has 0 spiro atoms. The molecule has 0 saturated carbocycles. The Morgan fingerprint density at radius 3 is 2.70 bits per heavy atom. The maximum absolute atomic E-state index is 6.15. The van der Waals surface area contributed by atoms with E-state index in [1.807, 2.05) is 0 Å². The Morgan fingerprint density at radius 2 is 1.80 bits per heavy atom. The number of hydrogen-bond donors (Lipinski definition) is 1. The third-order valence-corrected chi connectivity index (χ3v) is 4.42. The van der Waals surface area contributed by atoms with Crippen molar-refractivity contribution in [3.05, 3.63) is 71.3 Å². The maximum Gasteiger partial charge on any atom is 0.0984 e. The van der Waals surface area contributed by atoms with E-state index in [1.165, 1.54) is 16.7 Å². The fourth-order valence-electron chi connectivity index (χ4n) is 3.50.